The molecule has 27 heavy (non-hydrogen) atoms. The predicted octanol–water partition coefficient (Wildman–Crippen LogP) is 3.10. The Hall–Kier alpha value is -3.02. The zero-order valence-electron chi connectivity index (χ0n) is 15.8. The van der Waals surface area contributed by atoms with Gasteiger partial charge < -0.3 is 14.5 Å². The molecular weight excluding hydrogens is 342 g/mol. The van der Waals surface area contributed by atoms with Crippen LogP contribution in [0.3, 0.4) is 0 Å². The lowest BCUT2D eigenvalue weighted by Gasteiger charge is -2.37. The summed E-state index contributed by atoms with van der Waals surface area (Å²) in [6.45, 7) is 4.68. The first kappa shape index (κ1) is 18.8. The van der Waals surface area contributed by atoms with Gasteiger partial charge in [0, 0.05) is 44.0 Å². The van der Waals surface area contributed by atoms with E-state index in [9.17, 15) is 9.59 Å². The molecule has 0 atom stereocenters. The zero-order valence-corrected chi connectivity index (χ0v) is 15.8. The molecular formula is C21H25N3O3. The van der Waals surface area contributed by atoms with Crippen molar-refractivity contribution in [1.82, 2.24) is 9.80 Å². The number of rotatable bonds is 4. The molecule has 0 aromatic heterocycles. The van der Waals surface area contributed by atoms with Crippen LogP contribution in [0, 0.1) is 0 Å². The number of carbonyl (C=O) groups excluding carboxylic acids is 2. The molecule has 0 spiro atoms. The fourth-order valence-electron chi connectivity index (χ4n) is 3.23. The van der Waals surface area contributed by atoms with Crippen LogP contribution in [0.15, 0.2) is 54.6 Å². The van der Waals surface area contributed by atoms with E-state index in [2.05, 4.69) is 0 Å². The van der Waals surface area contributed by atoms with E-state index in [1.54, 1.807) is 12.0 Å². The molecule has 1 fully saturated rings. The lowest BCUT2D eigenvalue weighted by molar-refractivity contribution is 0.0668. The maximum atomic E-state index is 12.9. The average Bonchev–Trinajstić information content (AvgIpc) is 2.75. The molecule has 2 aromatic carbocycles. The summed E-state index contributed by atoms with van der Waals surface area (Å²) >= 11 is 0. The molecule has 0 unspecified atom stereocenters. The fraction of sp³-hybridized carbons (Fsp3) is 0.333. The molecule has 2 aromatic rings. The second kappa shape index (κ2) is 8.58. The van der Waals surface area contributed by atoms with Gasteiger partial charge in [0.2, 0.25) is 0 Å². The molecule has 3 rings (SSSR count). The number of carbonyl (C=O) groups is 2. The van der Waals surface area contributed by atoms with Crippen molar-refractivity contribution in [2.24, 2.45) is 0 Å². The number of urea groups is 1. The van der Waals surface area contributed by atoms with Gasteiger partial charge in [0.05, 0.1) is 7.11 Å². The number of hydrogen-bond donors (Lipinski definition) is 0. The van der Waals surface area contributed by atoms with Gasteiger partial charge in [-0.1, -0.05) is 18.2 Å². The third-order valence-electron chi connectivity index (χ3n) is 4.79. The summed E-state index contributed by atoms with van der Waals surface area (Å²) < 4.78 is 5.18. The molecule has 1 aliphatic rings. The van der Waals surface area contributed by atoms with Gasteiger partial charge in [-0.25, -0.2) is 4.79 Å². The molecule has 0 N–H and O–H groups in total. The Labute approximate surface area is 159 Å². The van der Waals surface area contributed by atoms with Crippen molar-refractivity contribution < 1.29 is 14.3 Å². The topological polar surface area (TPSA) is 53.1 Å². The molecule has 6 nitrogen and oxygen atoms in total. The summed E-state index contributed by atoms with van der Waals surface area (Å²) in [5, 5.41) is 0. The first-order chi connectivity index (χ1) is 13.1. The summed E-state index contributed by atoms with van der Waals surface area (Å²) in [4.78, 5) is 30.9. The lowest BCUT2D eigenvalue weighted by atomic mass is 10.2. The molecule has 142 valence electrons. The van der Waals surface area contributed by atoms with Gasteiger partial charge in [-0.15, -0.1) is 0 Å². The van der Waals surface area contributed by atoms with Gasteiger partial charge in [-0.2, -0.15) is 0 Å². The third kappa shape index (κ3) is 4.22. The van der Waals surface area contributed by atoms with Crippen LogP contribution in [0.5, 0.6) is 5.75 Å². The van der Waals surface area contributed by atoms with Crippen LogP contribution in [0.2, 0.25) is 0 Å². The number of methoxy groups -OCH3 is 1. The van der Waals surface area contributed by atoms with E-state index < -0.39 is 0 Å². The molecule has 0 radical (unpaired) electrons. The molecule has 6 heteroatoms. The first-order valence-corrected chi connectivity index (χ1v) is 9.19. The average molecular weight is 367 g/mol. The molecule has 1 aliphatic heterocycles. The Morgan fingerprint density at radius 2 is 1.52 bits per heavy atom. The minimum absolute atomic E-state index is 0.0187. The zero-order chi connectivity index (χ0) is 19.2. The summed E-state index contributed by atoms with van der Waals surface area (Å²) in [5.41, 5.74) is 1.52. The second-order valence-electron chi connectivity index (χ2n) is 6.37. The van der Waals surface area contributed by atoms with Crippen LogP contribution in [0.4, 0.5) is 10.5 Å². The predicted molar refractivity (Wildman–Crippen MR) is 105 cm³/mol. The van der Waals surface area contributed by atoms with Crippen LogP contribution in [0.25, 0.3) is 0 Å². The molecule has 0 aliphatic carbocycles. The monoisotopic (exact) mass is 367 g/mol. The van der Waals surface area contributed by atoms with Crippen molar-refractivity contribution in [3.05, 3.63) is 60.2 Å². The molecule has 1 saturated heterocycles. The Morgan fingerprint density at radius 1 is 0.926 bits per heavy atom. The molecule has 0 bridgehead atoms. The minimum Gasteiger partial charge on any atom is -0.497 e. The number of ether oxygens (including phenoxy) is 1. The SMILES string of the molecule is CCN(C(=O)N1CCN(C(=O)c2ccccc2)CC1)c1ccc(OC)cc1. The van der Waals surface area contributed by atoms with Gasteiger partial charge in [0.1, 0.15) is 5.75 Å². The van der Waals surface area contributed by atoms with Crippen molar-refractivity contribution >= 4 is 17.6 Å². The minimum atomic E-state index is -0.0329. The summed E-state index contributed by atoms with van der Waals surface area (Å²) in [6, 6.07) is 16.7. The van der Waals surface area contributed by atoms with Crippen molar-refractivity contribution in [1.29, 1.82) is 0 Å². The number of piperazine rings is 1. The van der Waals surface area contributed by atoms with Gasteiger partial charge >= 0.3 is 6.03 Å². The normalized spacial score (nSPS) is 14.0. The van der Waals surface area contributed by atoms with Gasteiger partial charge in [-0.05, 0) is 43.3 Å². The van der Waals surface area contributed by atoms with E-state index in [-0.39, 0.29) is 11.9 Å². The number of hydrogen-bond acceptors (Lipinski definition) is 3. The lowest BCUT2D eigenvalue weighted by Crippen LogP contribution is -2.54. The van der Waals surface area contributed by atoms with E-state index >= 15 is 0 Å². The third-order valence-corrected chi connectivity index (χ3v) is 4.79. The van der Waals surface area contributed by atoms with Crippen LogP contribution >= 0.6 is 0 Å². The Bertz CT molecular complexity index is 769. The van der Waals surface area contributed by atoms with Crippen molar-refractivity contribution in [3.63, 3.8) is 0 Å². The second-order valence-corrected chi connectivity index (χ2v) is 6.37. The van der Waals surface area contributed by atoms with Gasteiger partial charge in [-0.3, -0.25) is 9.69 Å². The number of benzene rings is 2. The Morgan fingerprint density at radius 3 is 2.07 bits per heavy atom. The van der Waals surface area contributed by atoms with Crippen LogP contribution < -0.4 is 9.64 Å². The van der Waals surface area contributed by atoms with E-state index in [0.717, 1.165) is 11.4 Å². The highest BCUT2D eigenvalue weighted by Gasteiger charge is 2.27. The molecule has 3 amide bonds. The summed E-state index contributed by atoms with van der Waals surface area (Å²) in [6.07, 6.45) is 0. The number of nitrogens with zero attached hydrogens (tertiary/aromatic N) is 3. The van der Waals surface area contributed by atoms with Crippen molar-refractivity contribution in [3.8, 4) is 5.75 Å². The van der Waals surface area contributed by atoms with E-state index in [0.29, 0.717) is 38.3 Å². The first-order valence-electron chi connectivity index (χ1n) is 9.19. The van der Waals surface area contributed by atoms with E-state index in [1.807, 2.05) is 71.3 Å². The van der Waals surface area contributed by atoms with Crippen molar-refractivity contribution in [2.45, 2.75) is 6.92 Å². The Balaban J connectivity index is 1.62. The van der Waals surface area contributed by atoms with Crippen LogP contribution in [-0.4, -0.2) is 61.6 Å². The standard InChI is InChI=1S/C21H25N3O3/c1-3-24(18-9-11-19(27-2)12-10-18)21(26)23-15-13-22(14-16-23)20(25)17-7-5-4-6-8-17/h4-12H,3,13-16H2,1-2H3. The Kier molecular flexibility index (Phi) is 5.96. The molecule has 1 heterocycles. The summed E-state index contributed by atoms with van der Waals surface area (Å²) in [5.74, 6) is 0.778. The van der Waals surface area contributed by atoms with Crippen LogP contribution in [0.1, 0.15) is 17.3 Å². The van der Waals surface area contributed by atoms with E-state index in [1.165, 1.54) is 0 Å². The highest BCUT2D eigenvalue weighted by atomic mass is 16.5. The largest absolute Gasteiger partial charge is 0.497 e. The van der Waals surface area contributed by atoms with Crippen LogP contribution in [-0.2, 0) is 0 Å². The number of amides is 3. The van der Waals surface area contributed by atoms with Gasteiger partial charge in [0.15, 0.2) is 0 Å². The summed E-state index contributed by atoms with van der Waals surface area (Å²) in [7, 11) is 1.62. The highest BCUT2D eigenvalue weighted by Crippen LogP contribution is 2.21. The maximum absolute atomic E-state index is 12.9. The quantitative estimate of drug-likeness (QED) is 0.834. The smallest absolute Gasteiger partial charge is 0.324 e. The van der Waals surface area contributed by atoms with Gasteiger partial charge in [0.25, 0.3) is 5.91 Å². The van der Waals surface area contributed by atoms with E-state index in [4.69, 9.17) is 4.74 Å². The highest BCUT2D eigenvalue weighted by molar-refractivity contribution is 5.95. The fourth-order valence-corrected chi connectivity index (χ4v) is 3.23. The molecule has 0 saturated carbocycles. The van der Waals surface area contributed by atoms with Crippen molar-refractivity contribution in [2.75, 3.05) is 44.7 Å². The number of anilines is 1. The maximum Gasteiger partial charge on any atom is 0.324 e.